The first-order valence-corrected chi connectivity index (χ1v) is 10.7. The molecule has 0 aromatic carbocycles. The van der Waals surface area contributed by atoms with Crippen LogP contribution >= 0.6 is 0 Å². The van der Waals surface area contributed by atoms with Gasteiger partial charge in [0, 0.05) is 45.5 Å². The van der Waals surface area contributed by atoms with Crippen molar-refractivity contribution in [1.29, 1.82) is 0 Å². The van der Waals surface area contributed by atoms with E-state index < -0.39 is 0 Å². The average Bonchev–Trinajstić information content (AvgIpc) is 3.28. The van der Waals surface area contributed by atoms with Crippen LogP contribution in [0.15, 0.2) is 23.3 Å². The third kappa shape index (κ3) is 5.35. The highest BCUT2D eigenvalue weighted by Gasteiger charge is 2.32. The quantitative estimate of drug-likeness (QED) is 0.570. The van der Waals surface area contributed by atoms with Gasteiger partial charge in [0.1, 0.15) is 11.9 Å². The third-order valence-corrected chi connectivity index (χ3v) is 5.42. The number of nitrogens with one attached hydrogen (secondary N) is 1. The summed E-state index contributed by atoms with van der Waals surface area (Å²) in [5, 5.41) is 3.43. The number of pyridine rings is 1. The number of aromatic nitrogens is 1. The summed E-state index contributed by atoms with van der Waals surface area (Å²) in [5.41, 5.74) is 1.12. The maximum absolute atomic E-state index is 5.98. The molecule has 0 bridgehead atoms. The maximum atomic E-state index is 5.98. The number of guanidine groups is 1. The van der Waals surface area contributed by atoms with Crippen molar-refractivity contribution in [2.75, 3.05) is 50.8 Å². The van der Waals surface area contributed by atoms with Crippen molar-refractivity contribution in [2.24, 2.45) is 4.99 Å². The van der Waals surface area contributed by atoms with E-state index in [1.165, 1.54) is 0 Å². The van der Waals surface area contributed by atoms with Crippen molar-refractivity contribution < 1.29 is 9.47 Å². The maximum Gasteiger partial charge on any atom is 0.194 e. The van der Waals surface area contributed by atoms with Crippen molar-refractivity contribution in [2.45, 2.75) is 52.4 Å². The molecular weight excluding hydrogens is 354 g/mol. The van der Waals surface area contributed by atoms with Crippen LogP contribution < -0.4 is 10.2 Å². The van der Waals surface area contributed by atoms with E-state index in [4.69, 9.17) is 14.5 Å². The molecule has 1 aromatic heterocycles. The van der Waals surface area contributed by atoms with E-state index in [1.54, 1.807) is 0 Å². The second kappa shape index (κ2) is 10.6. The smallest absolute Gasteiger partial charge is 0.194 e. The Bertz CT molecular complexity index is 612. The second-order valence-electron chi connectivity index (χ2n) is 7.27. The van der Waals surface area contributed by atoms with Crippen molar-refractivity contribution in [1.82, 2.24) is 15.2 Å². The summed E-state index contributed by atoms with van der Waals surface area (Å²) < 4.78 is 11.8. The van der Waals surface area contributed by atoms with E-state index in [0.29, 0.717) is 6.54 Å². The molecule has 2 fully saturated rings. The Balaban J connectivity index is 1.63. The highest BCUT2D eigenvalue weighted by atomic mass is 16.5. The van der Waals surface area contributed by atoms with Crippen LogP contribution in [0, 0.1) is 0 Å². The number of ether oxygens (including phenoxy) is 2. The summed E-state index contributed by atoms with van der Waals surface area (Å²) in [4.78, 5) is 14.0. The molecule has 2 unspecified atom stereocenters. The Morgan fingerprint density at radius 1 is 1.21 bits per heavy atom. The molecule has 2 atom stereocenters. The number of morpholine rings is 1. The second-order valence-corrected chi connectivity index (χ2v) is 7.27. The van der Waals surface area contributed by atoms with Gasteiger partial charge >= 0.3 is 0 Å². The van der Waals surface area contributed by atoms with Crippen LogP contribution in [-0.2, 0) is 16.0 Å². The normalized spacial score (nSPS) is 23.1. The molecular formula is C21H35N5O2. The Hall–Kier alpha value is -1.86. The predicted octanol–water partition coefficient (Wildman–Crippen LogP) is 2.27. The average molecular weight is 390 g/mol. The molecule has 0 saturated carbocycles. The van der Waals surface area contributed by atoms with Crippen LogP contribution in [0.2, 0.25) is 0 Å². The van der Waals surface area contributed by atoms with Gasteiger partial charge in [0.2, 0.25) is 0 Å². The van der Waals surface area contributed by atoms with Gasteiger partial charge in [-0.25, -0.2) is 9.98 Å². The van der Waals surface area contributed by atoms with Gasteiger partial charge in [0.25, 0.3) is 0 Å². The zero-order chi connectivity index (χ0) is 19.8. The van der Waals surface area contributed by atoms with Crippen LogP contribution in [0.1, 0.15) is 39.2 Å². The zero-order valence-corrected chi connectivity index (χ0v) is 17.6. The fourth-order valence-corrected chi connectivity index (χ4v) is 3.83. The minimum absolute atomic E-state index is 0.134. The van der Waals surface area contributed by atoms with Crippen LogP contribution in [0.4, 0.5) is 5.82 Å². The molecule has 1 aromatic rings. The first kappa shape index (κ1) is 20.9. The molecule has 0 aliphatic carbocycles. The largest absolute Gasteiger partial charge is 0.375 e. The SMILES string of the molecule is CCNC(=NCc1ccc(N(CC)CC)nc1)N1CCOC(C2CCCO2)C1. The minimum Gasteiger partial charge on any atom is -0.375 e. The van der Waals surface area contributed by atoms with Gasteiger partial charge in [-0.2, -0.15) is 0 Å². The van der Waals surface area contributed by atoms with Gasteiger partial charge in [-0.15, -0.1) is 0 Å². The monoisotopic (exact) mass is 389 g/mol. The predicted molar refractivity (Wildman–Crippen MR) is 113 cm³/mol. The zero-order valence-electron chi connectivity index (χ0n) is 17.6. The molecule has 3 heterocycles. The van der Waals surface area contributed by atoms with Gasteiger partial charge in [0.15, 0.2) is 5.96 Å². The van der Waals surface area contributed by atoms with E-state index in [0.717, 1.165) is 76.1 Å². The van der Waals surface area contributed by atoms with E-state index in [-0.39, 0.29) is 12.2 Å². The molecule has 156 valence electrons. The van der Waals surface area contributed by atoms with Gasteiger partial charge in [-0.3, -0.25) is 0 Å². The number of nitrogens with zero attached hydrogens (tertiary/aromatic N) is 4. The fourth-order valence-electron chi connectivity index (χ4n) is 3.83. The number of aliphatic imine (C=N–C) groups is 1. The number of hydrogen-bond acceptors (Lipinski definition) is 5. The summed E-state index contributed by atoms with van der Waals surface area (Å²) in [6, 6.07) is 4.22. The molecule has 0 spiro atoms. The molecule has 7 heteroatoms. The standard InChI is InChI=1S/C21H35N5O2/c1-4-22-21(26-11-13-28-19(16-26)18-8-7-12-27-18)24-15-17-9-10-20(23-14-17)25(5-2)6-3/h9-10,14,18-19H,4-8,11-13,15-16H2,1-3H3,(H,22,24). The number of hydrogen-bond donors (Lipinski definition) is 1. The minimum atomic E-state index is 0.134. The van der Waals surface area contributed by atoms with Crippen LogP contribution in [0.3, 0.4) is 0 Å². The number of rotatable bonds is 7. The topological polar surface area (TPSA) is 62.2 Å². The summed E-state index contributed by atoms with van der Waals surface area (Å²) in [7, 11) is 0. The van der Waals surface area contributed by atoms with E-state index in [9.17, 15) is 0 Å². The summed E-state index contributed by atoms with van der Waals surface area (Å²) in [6.07, 6.45) is 4.53. The van der Waals surface area contributed by atoms with Gasteiger partial charge in [0.05, 0.1) is 19.3 Å². The molecule has 3 rings (SSSR count). The summed E-state index contributed by atoms with van der Waals surface area (Å²) in [5.74, 6) is 1.97. The lowest BCUT2D eigenvalue weighted by molar-refractivity contribution is -0.0817. The van der Waals surface area contributed by atoms with Crippen LogP contribution in [-0.4, -0.2) is 74.0 Å². The number of anilines is 1. The molecule has 2 aliphatic heterocycles. The molecule has 2 saturated heterocycles. The first-order chi connectivity index (χ1) is 13.7. The van der Waals surface area contributed by atoms with Crippen molar-refractivity contribution in [3.8, 4) is 0 Å². The van der Waals surface area contributed by atoms with Gasteiger partial charge < -0.3 is 24.6 Å². The van der Waals surface area contributed by atoms with Gasteiger partial charge in [-0.05, 0) is 45.2 Å². The highest BCUT2D eigenvalue weighted by molar-refractivity contribution is 5.80. The van der Waals surface area contributed by atoms with Crippen LogP contribution in [0.5, 0.6) is 0 Å². The van der Waals surface area contributed by atoms with E-state index in [2.05, 4.69) is 53.0 Å². The Morgan fingerprint density at radius 2 is 2.04 bits per heavy atom. The van der Waals surface area contributed by atoms with E-state index >= 15 is 0 Å². The van der Waals surface area contributed by atoms with Gasteiger partial charge in [-0.1, -0.05) is 6.07 Å². The summed E-state index contributed by atoms with van der Waals surface area (Å²) in [6.45, 7) is 13.1. The molecule has 28 heavy (non-hydrogen) atoms. The third-order valence-electron chi connectivity index (χ3n) is 5.42. The first-order valence-electron chi connectivity index (χ1n) is 10.7. The lowest BCUT2D eigenvalue weighted by Gasteiger charge is -2.37. The lowest BCUT2D eigenvalue weighted by atomic mass is 10.1. The highest BCUT2D eigenvalue weighted by Crippen LogP contribution is 2.21. The Labute approximate surface area is 169 Å². The molecule has 0 amide bonds. The van der Waals surface area contributed by atoms with Crippen molar-refractivity contribution >= 4 is 11.8 Å². The Morgan fingerprint density at radius 3 is 2.68 bits per heavy atom. The fraction of sp³-hybridized carbons (Fsp3) is 0.714. The van der Waals surface area contributed by atoms with Crippen LogP contribution in [0.25, 0.3) is 0 Å². The van der Waals surface area contributed by atoms with E-state index in [1.807, 2.05) is 6.20 Å². The van der Waals surface area contributed by atoms with Crippen molar-refractivity contribution in [3.05, 3.63) is 23.9 Å². The molecule has 0 radical (unpaired) electrons. The Kier molecular flexibility index (Phi) is 7.91. The van der Waals surface area contributed by atoms with Crippen molar-refractivity contribution in [3.63, 3.8) is 0 Å². The summed E-state index contributed by atoms with van der Waals surface area (Å²) >= 11 is 0. The molecule has 2 aliphatic rings. The molecule has 7 nitrogen and oxygen atoms in total. The lowest BCUT2D eigenvalue weighted by Crippen LogP contribution is -2.53. The molecule has 1 N–H and O–H groups in total.